The van der Waals surface area contributed by atoms with Gasteiger partial charge in [-0.1, -0.05) is 23.8 Å². The van der Waals surface area contributed by atoms with Crippen molar-refractivity contribution in [3.63, 3.8) is 0 Å². The summed E-state index contributed by atoms with van der Waals surface area (Å²) in [5.41, 5.74) is 7.13. The number of ether oxygens (including phenoxy) is 1. The average molecular weight is 231 g/mol. The molecular formula is C11H12F3NO. The maximum Gasteiger partial charge on any atom is 0.573 e. The molecule has 2 N–H and O–H groups in total. The highest BCUT2D eigenvalue weighted by atomic mass is 19.4. The van der Waals surface area contributed by atoms with E-state index >= 15 is 0 Å². The lowest BCUT2D eigenvalue weighted by Gasteiger charge is -2.08. The molecule has 1 aromatic rings. The van der Waals surface area contributed by atoms with Gasteiger partial charge in [-0.2, -0.15) is 0 Å². The minimum Gasteiger partial charge on any atom is -0.406 e. The van der Waals surface area contributed by atoms with E-state index in [1.807, 2.05) is 6.92 Å². The summed E-state index contributed by atoms with van der Waals surface area (Å²) in [6.07, 6.45) is -2.85. The fourth-order valence-corrected chi connectivity index (χ4v) is 1.11. The van der Waals surface area contributed by atoms with Crippen molar-refractivity contribution in [2.24, 2.45) is 5.73 Å². The topological polar surface area (TPSA) is 35.2 Å². The fourth-order valence-electron chi connectivity index (χ4n) is 1.11. The Morgan fingerprint density at radius 2 is 1.88 bits per heavy atom. The van der Waals surface area contributed by atoms with Gasteiger partial charge in [0.15, 0.2) is 0 Å². The molecule has 0 saturated heterocycles. The minimum atomic E-state index is -4.65. The molecule has 0 heterocycles. The van der Waals surface area contributed by atoms with Crippen LogP contribution in [0.4, 0.5) is 13.2 Å². The summed E-state index contributed by atoms with van der Waals surface area (Å²) in [7, 11) is 0. The van der Waals surface area contributed by atoms with Crippen molar-refractivity contribution in [3.05, 3.63) is 35.4 Å². The Morgan fingerprint density at radius 3 is 2.31 bits per heavy atom. The zero-order valence-electron chi connectivity index (χ0n) is 8.71. The molecule has 16 heavy (non-hydrogen) atoms. The monoisotopic (exact) mass is 231 g/mol. The molecular weight excluding hydrogens is 219 g/mol. The third kappa shape index (κ3) is 4.35. The highest BCUT2D eigenvalue weighted by molar-refractivity contribution is 5.53. The van der Waals surface area contributed by atoms with Gasteiger partial charge in [0.2, 0.25) is 0 Å². The van der Waals surface area contributed by atoms with Crippen molar-refractivity contribution in [3.8, 4) is 5.75 Å². The summed E-state index contributed by atoms with van der Waals surface area (Å²) in [5.74, 6) is -0.227. The van der Waals surface area contributed by atoms with E-state index in [0.29, 0.717) is 6.54 Å². The second-order valence-electron chi connectivity index (χ2n) is 3.31. The third-order valence-corrected chi connectivity index (χ3v) is 1.85. The van der Waals surface area contributed by atoms with Gasteiger partial charge >= 0.3 is 6.36 Å². The van der Waals surface area contributed by atoms with Gasteiger partial charge in [0.25, 0.3) is 0 Å². The van der Waals surface area contributed by atoms with Crippen LogP contribution in [-0.2, 0) is 0 Å². The molecule has 0 radical (unpaired) electrons. The number of hydrogen-bond acceptors (Lipinski definition) is 2. The first-order valence-electron chi connectivity index (χ1n) is 4.64. The summed E-state index contributed by atoms with van der Waals surface area (Å²) in [5, 5.41) is 0. The molecule has 0 unspecified atom stereocenters. The molecule has 5 heteroatoms. The predicted molar refractivity (Wildman–Crippen MR) is 55.8 cm³/mol. The molecule has 0 fully saturated rings. The molecule has 88 valence electrons. The smallest absolute Gasteiger partial charge is 0.406 e. The van der Waals surface area contributed by atoms with Crippen LogP contribution in [0, 0.1) is 0 Å². The van der Waals surface area contributed by atoms with Crippen LogP contribution in [-0.4, -0.2) is 12.9 Å². The van der Waals surface area contributed by atoms with Crippen molar-refractivity contribution in [1.82, 2.24) is 0 Å². The fraction of sp³-hybridized carbons (Fsp3) is 0.273. The van der Waals surface area contributed by atoms with E-state index in [9.17, 15) is 13.2 Å². The van der Waals surface area contributed by atoms with Crippen LogP contribution < -0.4 is 10.5 Å². The highest BCUT2D eigenvalue weighted by Crippen LogP contribution is 2.23. The number of rotatable bonds is 3. The molecule has 0 aromatic heterocycles. The molecule has 0 aliphatic heterocycles. The van der Waals surface area contributed by atoms with Gasteiger partial charge in [-0.3, -0.25) is 0 Å². The average Bonchev–Trinajstić information content (AvgIpc) is 2.18. The Balaban J connectivity index is 2.76. The standard InChI is InChI=1S/C11H12F3NO/c1-8(7-15)6-9-2-4-10(5-3-9)16-11(12,13)14/h2-6H,7,15H2,1H3. The molecule has 0 amide bonds. The Morgan fingerprint density at radius 1 is 1.31 bits per heavy atom. The summed E-state index contributed by atoms with van der Waals surface area (Å²) < 4.78 is 39.3. The maximum atomic E-state index is 11.9. The van der Waals surface area contributed by atoms with Gasteiger partial charge in [-0.05, 0) is 24.6 Å². The number of halogens is 3. The Kier molecular flexibility index (Phi) is 3.95. The highest BCUT2D eigenvalue weighted by Gasteiger charge is 2.30. The van der Waals surface area contributed by atoms with Gasteiger partial charge in [0, 0.05) is 6.54 Å². The van der Waals surface area contributed by atoms with Crippen LogP contribution in [0.3, 0.4) is 0 Å². The lowest BCUT2D eigenvalue weighted by molar-refractivity contribution is -0.274. The van der Waals surface area contributed by atoms with Crippen LogP contribution in [0.1, 0.15) is 12.5 Å². The molecule has 0 aliphatic rings. The van der Waals surface area contributed by atoms with Crippen LogP contribution in [0.5, 0.6) is 5.75 Å². The molecule has 0 aliphatic carbocycles. The largest absolute Gasteiger partial charge is 0.573 e. The number of nitrogens with two attached hydrogens (primary N) is 1. The van der Waals surface area contributed by atoms with Crippen LogP contribution in [0.2, 0.25) is 0 Å². The van der Waals surface area contributed by atoms with Gasteiger partial charge in [0.05, 0.1) is 0 Å². The van der Waals surface area contributed by atoms with Crippen molar-refractivity contribution in [1.29, 1.82) is 0 Å². The van der Waals surface area contributed by atoms with Crippen LogP contribution in [0.15, 0.2) is 29.8 Å². The van der Waals surface area contributed by atoms with Gasteiger partial charge < -0.3 is 10.5 Å². The molecule has 0 atom stereocenters. The molecule has 0 bridgehead atoms. The zero-order valence-corrected chi connectivity index (χ0v) is 8.71. The lowest BCUT2D eigenvalue weighted by atomic mass is 10.1. The Labute approximate surface area is 91.5 Å². The Bertz CT molecular complexity index is 368. The summed E-state index contributed by atoms with van der Waals surface area (Å²) in [6, 6.07) is 5.62. The van der Waals surface area contributed by atoms with E-state index < -0.39 is 6.36 Å². The summed E-state index contributed by atoms with van der Waals surface area (Å²) in [4.78, 5) is 0. The van der Waals surface area contributed by atoms with Gasteiger partial charge in [0.1, 0.15) is 5.75 Å². The number of benzene rings is 1. The second kappa shape index (κ2) is 5.03. The van der Waals surface area contributed by atoms with E-state index in [4.69, 9.17) is 5.73 Å². The van der Waals surface area contributed by atoms with E-state index in [1.165, 1.54) is 12.1 Å². The SMILES string of the molecule is CC(=Cc1ccc(OC(F)(F)F)cc1)CN. The first kappa shape index (κ1) is 12.6. The third-order valence-electron chi connectivity index (χ3n) is 1.85. The maximum absolute atomic E-state index is 11.9. The van der Waals surface area contributed by atoms with Crippen molar-refractivity contribution < 1.29 is 17.9 Å². The van der Waals surface area contributed by atoms with Gasteiger partial charge in [-0.15, -0.1) is 13.2 Å². The first-order valence-corrected chi connectivity index (χ1v) is 4.64. The molecule has 1 rings (SSSR count). The van der Waals surface area contributed by atoms with Crippen LogP contribution >= 0.6 is 0 Å². The van der Waals surface area contributed by atoms with Gasteiger partial charge in [-0.25, -0.2) is 0 Å². The van der Waals surface area contributed by atoms with E-state index in [-0.39, 0.29) is 5.75 Å². The molecule has 1 aromatic carbocycles. The minimum absolute atomic E-state index is 0.227. The van der Waals surface area contributed by atoms with Crippen molar-refractivity contribution >= 4 is 6.08 Å². The first-order chi connectivity index (χ1) is 7.40. The normalized spacial score (nSPS) is 12.7. The lowest BCUT2D eigenvalue weighted by Crippen LogP contribution is -2.16. The quantitative estimate of drug-likeness (QED) is 0.868. The summed E-state index contributed by atoms with van der Waals surface area (Å²) >= 11 is 0. The van der Waals surface area contributed by atoms with Crippen molar-refractivity contribution in [2.45, 2.75) is 13.3 Å². The Hall–Kier alpha value is -1.49. The zero-order chi connectivity index (χ0) is 12.2. The van der Waals surface area contributed by atoms with E-state index in [1.54, 1.807) is 18.2 Å². The number of alkyl halides is 3. The van der Waals surface area contributed by atoms with Crippen molar-refractivity contribution in [2.75, 3.05) is 6.54 Å². The second-order valence-corrected chi connectivity index (χ2v) is 3.31. The van der Waals surface area contributed by atoms with E-state index in [0.717, 1.165) is 11.1 Å². The molecule has 0 spiro atoms. The molecule has 2 nitrogen and oxygen atoms in total. The molecule has 0 saturated carbocycles. The predicted octanol–water partition coefficient (Wildman–Crippen LogP) is 2.95. The number of hydrogen-bond donors (Lipinski definition) is 1. The van der Waals surface area contributed by atoms with E-state index in [2.05, 4.69) is 4.74 Å². The van der Waals surface area contributed by atoms with Crippen LogP contribution in [0.25, 0.3) is 6.08 Å². The summed E-state index contributed by atoms with van der Waals surface area (Å²) in [6.45, 7) is 2.26.